The van der Waals surface area contributed by atoms with E-state index in [9.17, 15) is 23.4 Å². The van der Waals surface area contributed by atoms with Gasteiger partial charge in [-0.25, -0.2) is 14.5 Å². The van der Waals surface area contributed by atoms with Crippen LogP contribution in [0.15, 0.2) is 15.9 Å². The second kappa shape index (κ2) is 10.9. The number of aliphatic hydroxyl groups excluding tert-OH is 2. The van der Waals surface area contributed by atoms with Crippen LogP contribution in [0.1, 0.15) is 85.5 Å². The van der Waals surface area contributed by atoms with Crippen molar-refractivity contribution in [2.75, 3.05) is 6.61 Å². The number of nitrogens with zero attached hydrogens (tertiary/aromatic N) is 1. The van der Waals surface area contributed by atoms with Crippen LogP contribution in [0.25, 0.3) is 0 Å². The molecule has 1 aromatic rings. The Morgan fingerprint density at radius 1 is 1.15 bits per heavy atom. The summed E-state index contributed by atoms with van der Waals surface area (Å²) in [5.41, 5.74) is 0.322. The number of carbonyl (C=O) groups excluding carboxylic acids is 1. The molecule has 4 saturated carbocycles. The molecule has 4 fully saturated rings. The van der Waals surface area contributed by atoms with Crippen LogP contribution < -0.4 is 4.72 Å². The summed E-state index contributed by atoms with van der Waals surface area (Å²) < 4.78 is 31.5. The van der Waals surface area contributed by atoms with Gasteiger partial charge in [0.05, 0.1) is 18.8 Å². The van der Waals surface area contributed by atoms with E-state index in [1.807, 2.05) is 4.72 Å². The summed E-state index contributed by atoms with van der Waals surface area (Å²) in [6.45, 7) is 9.49. The van der Waals surface area contributed by atoms with Crippen LogP contribution in [0.3, 0.4) is 0 Å². The number of thiazole rings is 1. The second-order valence-electron chi connectivity index (χ2n) is 13.4. The maximum atomic E-state index is 12.2. The lowest BCUT2D eigenvalue weighted by molar-refractivity contribution is -0.203. The van der Waals surface area contributed by atoms with Crippen LogP contribution in [0.5, 0.6) is 0 Å². The minimum atomic E-state index is -4.00. The predicted molar refractivity (Wildman–Crippen MR) is 149 cm³/mol. The van der Waals surface area contributed by atoms with E-state index < -0.39 is 16.1 Å². The maximum Gasteiger partial charge on any atom is 0.421 e. The van der Waals surface area contributed by atoms with Crippen molar-refractivity contribution >= 4 is 27.5 Å². The molecular formula is C29H46N2O6S2. The Labute approximate surface area is 237 Å². The van der Waals surface area contributed by atoms with Gasteiger partial charge in [-0.1, -0.05) is 34.1 Å². The zero-order valence-electron chi connectivity index (χ0n) is 23.7. The van der Waals surface area contributed by atoms with Crippen molar-refractivity contribution in [3.63, 3.8) is 0 Å². The predicted octanol–water partition coefficient (Wildman–Crippen LogP) is 5.21. The van der Waals surface area contributed by atoms with E-state index in [2.05, 4.69) is 32.7 Å². The largest absolute Gasteiger partial charge is 0.449 e. The molecule has 0 bridgehead atoms. The number of hydrogen-bond acceptors (Lipinski definition) is 8. The lowest BCUT2D eigenvalue weighted by Gasteiger charge is -2.64. The molecule has 0 saturated heterocycles. The number of fused-ring (bicyclic) bond motifs is 5. The summed E-state index contributed by atoms with van der Waals surface area (Å²) in [6, 6.07) is 0. The Morgan fingerprint density at radius 3 is 2.56 bits per heavy atom. The molecule has 3 N–H and O–H groups in total. The van der Waals surface area contributed by atoms with Crippen molar-refractivity contribution in [2.24, 2.45) is 52.3 Å². The van der Waals surface area contributed by atoms with Crippen molar-refractivity contribution < 1.29 is 28.2 Å². The number of aromatic nitrogens is 1. The first-order valence-corrected chi connectivity index (χ1v) is 17.2. The Kier molecular flexibility index (Phi) is 8.16. The van der Waals surface area contributed by atoms with Crippen molar-refractivity contribution in [1.29, 1.82) is 0 Å². The number of amides is 1. The summed E-state index contributed by atoms with van der Waals surface area (Å²) in [6.07, 6.45) is 8.77. The highest BCUT2D eigenvalue weighted by molar-refractivity contribution is 7.92. The van der Waals surface area contributed by atoms with Gasteiger partial charge in [-0.3, -0.25) is 0 Å². The molecule has 0 aromatic carbocycles. The molecule has 8 nitrogen and oxygen atoms in total. The number of rotatable bonds is 7. The molecule has 5 rings (SSSR count). The molecule has 0 radical (unpaired) electrons. The minimum absolute atomic E-state index is 0.133. The lowest BCUT2D eigenvalue weighted by atomic mass is 9.41. The number of aliphatic hydroxyl groups is 2. The van der Waals surface area contributed by atoms with Crippen LogP contribution in [0.2, 0.25) is 0 Å². The van der Waals surface area contributed by atoms with Gasteiger partial charge in [0, 0.05) is 11.6 Å². The molecule has 11 atom stereocenters. The van der Waals surface area contributed by atoms with Gasteiger partial charge in [-0.05, 0) is 104 Å². The highest BCUT2D eigenvalue weighted by atomic mass is 32.2. The van der Waals surface area contributed by atoms with Crippen molar-refractivity contribution in [2.45, 2.75) is 102 Å². The fourth-order valence-corrected chi connectivity index (χ4v) is 11.7. The highest BCUT2D eigenvalue weighted by Gasteiger charge is 2.64. The Morgan fingerprint density at radius 2 is 1.87 bits per heavy atom. The van der Waals surface area contributed by atoms with E-state index in [0.717, 1.165) is 62.7 Å². The number of hydrogen-bond donors (Lipinski definition) is 3. The second-order valence-corrected chi connectivity index (χ2v) is 16.2. The third kappa shape index (κ3) is 5.06. The minimum Gasteiger partial charge on any atom is -0.449 e. The fourth-order valence-electron chi connectivity index (χ4n) is 10.00. The molecule has 4 aliphatic carbocycles. The van der Waals surface area contributed by atoms with Crippen molar-refractivity contribution in [3.05, 3.63) is 11.6 Å². The molecule has 220 valence electrons. The van der Waals surface area contributed by atoms with E-state index in [-0.39, 0.29) is 39.9 Å². The zero-order valence-corrected chi connectivity index (χ0v) is 25.3. The molecular weight excluding hydrogens is 536 g/mol. The van der Waals surface area contributed by atoms with Gasteiger partial charge in [-0.2, -0.15) is 8.42 Å². The Bertz CT molecular complexity index is 1130. The van der Waals surface area contributed by atoms with Crippen molar-refractivity contribution in [3.8, 4) is 0 Å². The van der Waals surface area contributed by atoms with Crippen LogP contribution in [0.4, 0.5) is 4.79 Å². The van der Waals surface area contributed by atoms with Crippen LogP contribution in [0, 0.1) is 52.3 Å². The van der Waals surface area contributed by atoms with Gasteiger partial charge in [0.25, 0.3) is 10.0 Å². The molecule has 1 heterocycles. The number of sulfonamides is 1. The smallest absolute Gasteiger partial charge is 0.421 e. The topological polar surface area (TPSA) is 126 Å². The third-order valence-corrected chi connectivity index (χ3v) is 14.3. The van der Waals surface area contributed by atoms with Crippen LogP contribution in [-0.4, -0.2) is 48.5 Å². The van der Waals surface area contributed by atoms with Crippen LogP contribution in [-0.2, 0) is 14.8 Å². The summed E-state index contributed by atoms with van der Waals surface area (Å²) in [5.74, 6) is 2.72. The van der Waals surface area contributed by atoms with Crippen molar-refractivity contribution in [1.82, 2.24) is 9.71 Å². The van der Waals surface area contributed by atoms with E-state index in [0.29, 0.717) is 41.9 Å². The average molecular weight is 583 g/mol. The summed E-state index contributed by atoms with van der Waals surface area (Å²) in [7, 11) is -4.00. The lowest BCUT2D eigenvalue weighted by Crippen LogP contribution is -2.62. The average Bonchev–Trinajstić information content (AvgIpc) is 3.54. The summed E-state index contributed by atoms with van der Waals surface area (Å²) >= 11 is 0.944. The molecule has 1 unspecified atom stereocenters. The van der Waals surface area contributed by atoms with E-state index in [1.54, 1.807) is 0 Å². The zero-order chi connectivity index (χ0) is 28.2. The van der Waals surface area contributed by atoms with Crippen LogP contribution >= 0.6 is 11.3 Å². The van der Waals surface area contributed by atoms with E-state index >= 15 is 0 Å². The SMILES string of the molecule is CC[C@H]1[C@@H](O)[C@@H]2[C@H](CC[C@]3(C)C([C@H](C)CCOC(=O)NS(=O)(=O)c4nccs4)CC[C@@H]23)[C@@]2(C)CC[C@@H](O)C[C@@H]12. The van der Waals surface area contributed by atoms with Gasteiger partial charge >= 0.3 is 6.09 Å². The molecule has 10 heteroatoms. The number of ether oxygens (including phenoxy) is 1. The quantitative estimate of drug-likeness (QED) is 0.403. The Hall–Kier alpha value is -1.23. The van der Waals surface area contributed by atoms with Gasteiger partial charge in [-0.15, -0.1) is 11.3 Å². The summed E-state index contributed by atoms with van der Waals surface area (Å²) in [5, 5.41) is 23.9. The normalized spacial score (nSPS) is 42.6. The fraction of sp³-hybridized carbons (Fsp3) is 0.862. The molecule has 0 aliphatic heterocycles. The molecule has 4 aliphatic rings. The molecule has 1 amide bonds. The van der Waals surface area contributed by atoms with E-state index in [1.165, 1.54) is 11.6 Å². The monoisotopic (exact) mass is 582 g/mol. The van der Waals surface area contributed by atoms with Gasteiger partial charge in [0.1, 0.15) is 0 Å². The van der Waals surface area contributed by atoms with Gasteiger partial charge in [0.2, 0.25) is 4.34 Å². The molecule has 0 spiro atoms. The van der Waals surface area contributed by atoms with Gasteiger partial charge < -0.3 is 14.9 Å². The summed E-state index contributed by atoms with van der Waals surface area (Å²) in [4.78, 5) is 15.9. The standard InChI is InChI=1S/C29H46N2O6S2/c1-5-19-23-16-18(32)8-11-29(23,4)22-9-12-28(3)20(6-7-21(28)24(22)25(19)33)17(2)10-14-37-26(34)31-39(35,36)27-30-13-15-38-27/h13,15,17-25,32-33H,5-12,14,16H2,1-4H3,(H,31,34)/t17-,18-,19-,20?,21+,22+,23+,24+,25-,28-,29-/m1/s1. The number of carbonyl (C=O) groups is 1. The van der Waals surface area contributed by atoms with E-state index in [4.69, 9.17) is 4.74 Å². The third-order valence-electron chi connectivity index (χ3n) is 11.8. The first-order valence-electron chi connectivity index (χ1n) is 14.9. The van der Waals surface area contributed by atoms with Gasteiger partial charge in [0.15, 0.2) is 0 Å². The molecule has 1 aromatic heterocycles. The highest BCUT2D eigenvalue weighted by Crippen LogP contribution is 2.69. The Balaban J connectivity index is 1.23. The number of nitrogens with one attached hydrogen (secondary N) is 1. The first-order chi connectivity index (χ1) is 18.4. The molecule has 39 heavy (non-hydrogen) atoms. The first kappa shape index (κ1) is 29.3. The maximum absolute atomic E-state index is 12.2.